The van der Waals surface area contributed by atoms with Gasteiger partial charge < -0.3 is 10.4 Å². The van der Waals surface area contributed by atoms with E-state index in [1.807, 2.05) is 60.7 Å². The first-order chi connectivity index (χ1) is 16.5. The lowest BCUT2D eigenvalue weighted by molar-refractivity contribution is -0.128. The molecule has 1 fully saturated rings. The van der Waals surface area contributed by atoms with Crippen molar-refractivity contribution in [3.8, 4) is 0 Å². The first-order valence-electron chi connectivity index (χ1n) is 10.8. The van der Waals surface area contributed by atoms with E-state index in [2.05, 4.69) is 10.3 Å². The van der Waals surface area contributed by atoms with Gasteiger partial charge in [-0.1, -0.05) is 60.3 Å². The Kier molecular flexibility index (Phi) is 7.39. The van der Waals surface area contributed by atoms with Crippen molar-refractivity contribution in [1.29, 1.82) is 0 Å². The largest absolute Gasteiger partial charge is 0.478 e. The molecule has 4 rings (SSSR count). The molecule has 3 aromatic carbocycles. The number of carboxylic acid groups (broad SMARTS) is 1. The fraction of sp³-hybridized carbons (Fsp3) is 0.154. The molecule has 0 saturated carbocycles. The van der Waals surface area contributed by atoms with Crippen LogP contribution in [0.25, 0.3) is 0 Å². The van der Waals surface area contributed by atoms with E-state index >= 15 is 0 Å². The van der Waals surface area contributed by atoms with Crippen LogP contribution in [0.1, 0.15) is 22.3 Å². The summed E-state index contributed by atoms with van der Waals surface area (Å²) in [4.78, 5) is 43.2. The van der Waals surface area contributed by atoms with E-state index in [1.54, 1.807) is 4.90 Å². The first kappa shape index (κ1) is 23.3. The van der Waals surface area contributed by atoms with E-state index in [9.17, 15) is 14.4 Å². The van der Waals surface area contributed by atoms with Gasteiger partial charge in [-0.05, 0) is 48.4 Å². The number of hydrogen-bond acceptors (Lipinski definition) is 5. The van der Waals surface area contributed by atoms with Gasteiger partial charge in [0.15, 0.2) is 5.17 Å². The van der Waals surface area contributed by atoms with Crippen LogP contribution in [-0.2, 0) is 16.0 Å². The molecule has 0 spiro atoms. The zero-order chi connectivity index (χ0) is 23.9. The predicted octanol–water partition coefficient (Wildman–Crippen LogP) is 4.59. The molecule has 0 bridgehead atoms. The van der Waals surface area contributed by atoms with Crippen molar-refractivity contribution < 1.29 is 19.5 Å². The number of nitrogens with one attached hydrogen (secondary N) is 1. The van der Waals surface area contributed by atoms with Crippen molar-refractivity contribution >= 4 is 46.1 Å². The summed E-state index contributed by atoms with van der Waals surface area (Å²) < 4.78 is 0. The van der Waals surface area contributed by atoms with E-state index in [0.29, 0.717) is 23.8 Å². The highest BCUT2D eigenvalue weighted by atomic mass is 32.2. The minimum absolute atomic E-state index is 0.0141. The fourth-order valence-corrected chi connectivity index (χ4v) is 4.69. The number of aliphatic imine (C=N–C) groups is 1. The predicted molar refractivity (Wildman–Crippen MR) is 133 cm³/mol. The second-order valence-electron chi connectivity index (χ2n) is 7.70. The number of amidine groups is 1. The number of rotatable bonds is 8. The Morgan fingerprint density at radius 3 is 2.24 bits per heavy atom. The van der Waals surface area contributed by atoms with Crippen molar-refractivity contribution in [2.45, 2.75) is 18.1 Å². The molecular weight excluding hydrogens is 450 g/mol. The summed E-state index contributed by atoms with van der Waals surface area (Å²) in [5.41, 5.74) is 2.47. The van der Waals surface area contributed by atoms with Crippen LogP contribution in [0.3, 0.4) is 0 Å². The van der Waals surface area contributed by atoms with Crippen LogP contribution in [0, 0.1) is 0 Å². The lowest BCUT2D eigenvalue weighted by Gasteiger charge is -2.16. The molecule has 0 aliphatic carbocycles. The Labute approximate surface area is 201 Å². The number of amides is 2. The molecule has 1 saturated heterocycles. The van der Waals surface area contributed by atoms with E-state index < -0.39 is 11.2 Å². The summed E-state index contributed by atoms with van der Waals surface area (Å²) in [6.07, 6.45) is 0.662. The third kappa shape index (κ3) is 5.90. The van der Waals surface area contributed by atoms with Gasteiger partial charge in [-0.25, -0.2) is 9.79 Å². The van der Waals surface area contributed by atoms with Gasteiger partial charge in [0, 0.05) is 18.7 Å². The Hall–Kier alpha value is -3.91. The molecule has 2 N–H and O–H groups in total. The van der Waals surface area contributed by atoms with Crippen molar-refractivity contribution in [2.24, 2.45) is 4.99 Å². The molecule has 1 aliphatic rings. The molecule has 1 unspecified atom stereocenters. The number of thioether (sulfide) groups is 1. The zero-order valence-electron chi connectivity index (χ0n) is 18.3. The monoisotopic (exact) mass is 473 g/mol. The molecule has 3 aromatic rings. The van der Waals surface area contributed by atoms with E-state index in [4.69, 9.17) is 5.11 Å². The average Bonchev–Trinajstić information content (AvgIpc) is 3.12. The molecular formula is C26H23N3O4S. The second-order valence-corrected chi connectivity index (χ2v) is 8.87. The van der Waals surface area contributed by atoms with Crippen molar-refractivity contribution in [3.63, 3.8) is 0 Å². The molecule has 1 aliphatic heterocycles. The van der Waals surface area contributed by atoms with Crippen LogP contribution in [0.4, 0.5) is 11.4 Å². The van der Waals surface area contributed by atoms with Crippen molar-refractivity contribution in [1.82, 2.24) is 4.90 Å². The van der Waals surface area contributed by atoms with Gasteiger partial charge in [0.2, 0.25) is 11.8 Å². The molecule has 34 heavy (non-hydrogen) atoms. The fourth-order valence-electron chi connectivity index (χ4n) is 3.51. The van der Waals surface area contributed by atoms with Gasteiger partial charge >= 0.3 is 5.97 Å². The van der Waals surface area contributed by atoms with E-state index in [1.165, 1.54) is 36.0 Å². The average molecular weight is 474 g/mol. The normalized spacial score (nSPS) is 16.6. The highest BCUT2D eigenvalue weighted by molar-refractivity contribution is 8.15. The van der Waals surface area contributed by atoms with Crippen molar-refractivity contribution in [2.75, 3.05) is 11.9 Å². The quantitative estimate of drug-likeness (QED) is 0.499. The Bertz CT molecular complexity index is 1200. The summed E-state index contributed by atoms with van der Waals surface area (Å²) in [5, 5.41) is 11.7. The first-order valence-corrected chi connectivity index (χ1v) is 11.7. The molecule has 0 aromatic heterocycles. The van der Waals surface area contributed by atoms with Crippen LogP contribution in [0.5, 0.6) is 0 Å². The van der Waals surface area contributed by atoms with Gasteiger partial charge in [-0.15, -0.1) is 0 Å². The number of para-hydroxylation sites is 1. The summed E-state index contributed by atoms with van der Waals surface area (Å²) in [6.45, 7) is 0.469. The van der Waals surface area contributed by atoms with Crippen LogP contribution in [0.15, 0.2) is 89.9 Å². The molecule has 2 amide bonds. The summed E-state index contributed by atoms with van der Waals surface area (Å²) >= 11 is 1.29. The minimum atomic E-state index is -1.04. The number of nitrogens with zero attached hydrogens (tertiary/aromatic N) is 2. The van der Waals surface area contributed by atoms with Gasteiger partial charge in [0.25, 0.3) is 0 Å². The maximum Gasteiger partial charge on any atom is 0.335 e. The number of carbonyl (C=O) groups excluding carboxylic acids is 2. The maximum absolute atomic E-state index is 13.2. The summed E-state index contributed by atoms with van der Waals surface area (Å²) in [6, 6.07) is 25.2. The lowest BCUT2D eigenvalue weighted by atomic mass is 10.1. The van der Waals surface area contributed by atoms with Crippen LogP contribution in [0.2, 0.25) is 0 Å². The van der Waals surface area contributed by atoms with Crippen LogP contribution < -0.4 is 5.32 Å². The molecule has 172 valence electrons. The lowest BCUT2D eigenvalue weighted by Crippen LogP contribution is -2.35. The van der Waals surface area contributed by atoms with Gasteiger partial charge in [0.05, 0.1) is 11.3 Å². The second kappa shape index (κ2) is 10.8. The molecule has 1 atom stereocenters. The Morgan fingerprint density at radius 2 is 1.59 bits per heavy atom. The van der Waals surface area contributed by atoms with E-state index in [0.717, 1.165) is 11.3 Å². The Morgan fingerprint density at radius 1 is 0.941 bits per heavy atom. The number of aromatic carboxylic acids is 1. The third-order valence-corrected chi connectivity index (χ3v) is 6.43. The number of benzene rings is 3. The van der Waals surface area contributed by atoms with Gasteiger partial charge in [0.1, 0.15) is 5.25 Å². The highest BCUT2D eigenvalue weighted by Crippen LogP contribution is 2.32. The molecule has 8 heteroatoms. The summed E-state index contributed by atoms with van der Waals surface area (Å²) in [5.74, 6) is -1.50. The SMILES string of the molecule is O=C(CC1SC(=Nc2ccccc2)N(CCc2ccccc2)C1=O)Nc1ccc(C(=O)O)cc1. The van der Waals surface area contributed by atoms with Crippen molar-refractivity contribution in [3.05, 3.63) is 96.1 Å². The van der Waals surface area contributed by atoms with Gasteiger partial charge in [-0.3, -0.25) is 14.5 Å². The molecule has 7 nitrogen and oxygen atoms in total. The van der Waals surface area contributed by atoms with E-state index in [-0.39, 0.29) is 23.8 Å². The number of hydrogen-bond donors (Lipinski definition) is 2. The number of carbonyl (C=O) groups is 3. The Balaban J connectivity index is 1.46. The highest BCUT2D eigenvalue weighted by Gasteiger charge is 2.39. The smallest absolute Gasteiger partial charge is 0.335 e. The number of anilines is 1. The zero-order valence-corrected chi connectivity index (χ0v) is 19.1. The standard InChI is InChI=1S/C26H23N3O4S/c30-23(27-21-13-11-19(12-14-21)25(32)33)17-22-24(31)29(16-15-18-7-3-1-4-8-18)26(34-22)28-20-9-5-2-6-10-20/h1-14,22H,15-17H2,(H,27,30)(H,32,33). The topological polar surface area (TPSA) is 99.1 Å². The molecule has 1 heterocycles. The number of carboxylic acids is 1. The van der Waals surface area contributed by atoms with Crippen LogP contribution in [-0.4, -0.2) is 44.8 Å². The van der Waals surface area contributed by atoms with Crippen LogP contribution >= 0.6 is 11.8 Å². The minimum Gasteiger partial charge on any atom is -0.478 e. The van der Waals surface area contributed by atoms with Gasteiger partial charge in [-0.2, -0.15) is 0 Å². The summed E-state index contributed by atoms with van der Waals surface area (Å²) in [7, 11) is 0. The maximum atomic E-state index is 13.2. The third-order valence-electron chi connectivity index (χ3n) is 5.25. The molecule has 0 radical (unpaired) electrons.